The highest BCUT2D eigenvalue weighted by Crippen LogP contribution is 2.36. The van der Waals surface area contributed by atoms with E-state index in [0.29, 0.717) is 27.9 Å². The van der Waals surface area contributed by atoms with Gasteiger partial charge in [0.05, 0.1) is 4.91 Å². The van der Waals surface area contributed by atoms with E-state index >= 15 is 0 Å². The Labute approximate surface area is 219 Å². The molecule has 6 nitrogen and oxygen atoms in total. The summed E-state index contributed by atoms with van der Waals surface area (Å²) >= 11 is 6.89. The first-order chi connectivity index (χ1) is 16.9. The average molecular weight is 515 g/mol. The van der Waals surface area contributed by atoms with E-state index in [1.54, 1.807) is 9.47 Å². The van der Waals surface area contributed by atoms with E-state index in [9.17, 15) is 14.9 Å². The van der Waals surface area contributed by atoms with E-state index < -0.39 is 0 Å². The van der Waals surface area contributed by atoms with Crippen molar-refractivity contribution in [2.45, 2.75) is 91.5 Å². The van der Waals surface area contributed by atoms with Crippen LogP contribution in [0.3, 0.4) is 0 Å². The molecule has 0 bridgehead atoms. The van der Waals surface area contributed by atoms with E-state index in [4.69, 9.17) is 12.2 Å². The normalized spacial score (nSPS) is 17.5. The molecule has 0 radical (unpaired) electrons. The fraction of sp³-hybridized carbons (Fsp3) is 0.630. The van der Waals surface area contributed by atoms with Crippen molar-refractivity contribution in [1.82, 2.24) is 9.47 Å². The van der Waals surface area contributed by atoms with Gasteiger partial charge >= 0.3 is 0 Å². The van der Waals surface area contributed by atoms with Crippen molar-refractivity contribution in [3.8, 4) is 6.07 Å². The molecule has 3 heterocycles. The van der Waals surface area contributed by atoms with Gasteiger partial charge in [-0.15, -0.1) is 0 Å². The first-order valence-corrected chi connectivity index (χ1v) is 14.3. The molecule has 0 N–H and O–H groups in total. The summed E-state index contributed by atoms with van der Waals surface area (Å²) in [6, 6.07) is 2.14. The van der Waals surface area contributed by atoms with Crippen LogP contribution in [0.5, 0.6) is 0 Å². The summed E-state index contributed by atoms with van der Waals surface area (Å²) in [5.41, 5.74) is 1.40. The number of piperidine rings is 1. The van der Waals surface area contributed by atoms with Gasteiger partial charge in [-0.2, -0.15) is 5.26 Å². The summed E-state index contributed by atoms with van der Waals surface area (Å²) in [4.78, 5) is 31.2. The zero-order valence-electron chi connectivity index (χ0n) is 21.4. The van der Waals surface area contributed by atoms with Gasteiger partial charge in [-0.25, -0.2) is 0 Å². The molecule has 3 rings (SSSR count). The number of thioether (sulfide) groups is 1. The maximum Gasteiger partial charge on any atom is 0.270 e. The molecule has 0 aliphatic carbocycles. The van der Waals surface area contributed by atoms with Gasteiger partial charge in [0.2, 0.25) is 0 Å². The number of rotatable bonds is 11. The molecule has 0 atom stereocenters. The maximum atomic E-state index is 13.3. The van der Waals surface area contributed by atoms with Crippen LogP contribution in [0.1, 0.15) is 94.7 Å². The van der Waals surface area contributed by atoms with Gasteiger partial charge < -0.3 is 4.90 Å². The average Bonchev–Trinajstić information content (AvgIpc) is 3.12. The van der Waals surface area contributed by atoms with E-state index in [1.165, 1.54) is 37.4 Å². The molecular weight excluding hydrogens is 476 g/mol. The molecule has 2 saturated heterocycles. The molecule has 1 aromatic rings. The Morgan fingerprint density at radius 2 is 1.69 bits per heavy atom. The largest absolute Gasteiger partial charge is 0.357 e. The fourth-order valence-corrected chi connectivity index (χ4v) is 6.10. The van der Waals surface area contributed by atoms with Crippen molar-refractivity contribution in [2.75, 3.05) is 24.5 Å². The Kier molecular flexibility index (Phi) is 10.4. The van der Waals surface area contributed by atoms with Gasteiger partial charge in [-0.3, -0.25) is 19.1 Å². The summed E-state index contributed by atoms with van der Waals surface area (Å²) in [5, 5.41) is 9.83. The van der Waals surface area contributed by atoms with E-state index in [0.717, 1.165) is 63.0 Å². The number of thiocarbonyl (C=S) groups is 1. The molecule has 2 aliphatic rings. The number of anilines is 1. The predicted octanol–water partition coefficient (Wildman–Crippen LogP) is 5.99. The quantitative estimate of drug-likeness (QED) is 0.205. The summed E-state index contributed by atoms with van der Waals surface area (Å²) in [6.07, 6.45) is 12.6. The number of hydrogen-bond acceptors (Lipinski definition) is 6. The van der Waals surface area contributed by atoms with Crippen molar-refractivity contribution in [1.29, 1.82) is 5.26 Å². The van der Waals surface area contributed by atoms with Crippen LogP contribution >= 0.6 is 24.0 Å². The van der Waals surface area contributed by atoms with Crippen LogP contribution < -0.4 is 10.5 Å². The van der Waals surface area contributed by atoms with Crippen molar-refractivity contribution >= 4 is 46.1 Å². The summed E-state index contributed by atoms with van der Waals surface area (Å²) in [7, 11) is 0. The lowest BCUT2D eigenvalue weighted by Crippen LogP contribution is -2.37. The number of nitriles is 1. The molecule has 0 spiro atoms. The van der Waals surface area contributed by atoms with Crippen LogP contribution in [-0.4, -0.2) is 39.3 Å². The highest BCUT2D eigenvalue weighted by molar-refractivity contribution is 8.26. The van der Waals surface area contributed by atoms with Crippen molar-refractivity contribution in [3.63, 3.8) is 0 Å². The highest BCUT2D eigenvalue weighted by atomic mass is 32.2. The van der Waals surface area contributed by atoms with Gasteiger partial charge in [-0.1, -0.05) is 69.9 Å². The van der Waals surface area contributed by atoms with Crippen molar-refractivity contribution < 1.29 is 4.79 Å². The summed E-state index contributed by atoms with van der Waals surface area (Å²) < 4.78 is 2.37. The third kappa shape index (κ3) is 6.37. The van der Waals surface area contributed by atoms with Crippen LogP contribution in [0.15, 0.2) is 9.70 Å². The van der Waals surface area contributed by atoms with Gasteiger partial charge in [0.15, 0.2) is 0 Å². The zero-order chi connectivity index (χ0) is 25.4. The number of hydrogen-bond donors (Lipinski definition) is 0. The molecule has 0 aromatic carbocycles. The number of aromatic nitrogens is 1. The molecule has 0 saturated carbocycles. The zero-order valence-corrected chi connectivity index (χ0v) is 23.0. The Hall–Kier alpha value is -2.11. The minimum Gasteiger partial charge on any atom is -0.357 e. The third-order valence-electron chi connectivity index (χ3n) is 6.87. The molecule has 0 unspecified atom stereocenters. The van der Waals surface area contributed by atoms with E-state index in [2.05, 4.69) is 24.8 Å². The Morgan fingerprint density at radius 3 is 2.34 bits per heavy atom. The molecular formula is C27H38N4O2S2. The van der Waals surface area contributed by atoms with Crippen LogP contribution in [0.2, 0.25) is 0 Å². The van der Waals surface area contributed by atoms with Crippen LogP contribution in [-0.2, 0) is 11.3 Å². The number of pyridine rings is 1. The lowest BCUT2D eigenvalue weighted by molar-refractivity contribution is -0.122. The van der Waals surface area contributed by atoms with Gasteiger partial charge in [0.1, 0.15) is 21.8 Å². The molecule has 8 heteroatoms. The monoisotopic (exact) mass is 514 g/mol. The smallest absolute Gasteiger partial charge is 0.270 e. The molecule has 1 amide bonds. The highest BCUT2D eigenvalue weighted by Gasteiger charge is 2.33. The Balaban J connectivity index is 2.03. The molecule has 2 aliphatic heterocycles. The SMILES string of the molecule is CCCCCCCN1C(=O)/C(=C\c2c(C)c(C#N)c(=O)n(CCCC)c2N2CCCCC2)SC1=S. The number of unbranched alkanes of at least 4 members (excludes halogenated alkanes) is 5. The Morgan fingerprint density at radius 1 is 1.00 bits per heavy atom. The standard InChI is InChI=1S/C27H38N4O2S2/c1-4-6-8-9-13-17-31-26(33)23(35-27(31)34)18-21-20(3)22(19-28)25(32)30(16-7-5-2)24(21)29-14-11-10-12-15-29/h18H,4-17H2,1-3H3/b23-18+. The second-order valence-electron chi connectivity index (χ2n) is 9.45. The van der Waals surface area contributed by atoms with Gasteiger partial charge in [0.25, 0.3) is 11.5 Å². The number of carbonyl (C=O) groups excluding carboxylic acids is 1. The van der Waals surface area contributed by atoms with E-state index in [1.807, 2.05) is 13.0 Å². The van der Waals surface area contributed by atoms with E-state index in [-0.39, 0.29) is 17.0 Å². The van der Waals surface area contributed by atoms with Crippen LogP contribution in [0.4, 0.5) is 5.82 Å². The fourth-order valence-electron chi connectivity index (χ4n) is 4.81. The lowest BCUT2D eigenvalue weighted by atomic mass is 10.0. The summed E-state index contributed by atoms with van der Waals surface area (Å²) in [5.74, 6) is 0.786. The lowest BCUT2D eigenvalue weighted by Gasteiger charge is -2.33. The van der Waals surface area contributed by atoms with Crippen LogP contribution in [0.25, 0.3) is 6.08 Å². The third-order valence-corrected chi connectivity index (χ3v) is 8.25. The van der Waals surface area contributed by atoms with Crippen molar-refractivity contribution in [2.24, 2.45) is 0 Å². The molecule has 1 aromatic heterocycles. The maximum absolute atomic E-state index is 13.3. The first kappa shape index (κ1) is 27.5. The van der Waals surface area contributed by atoms with Gasteiger partial charge in [-0.05, 0) is 50.7 Å². The first-order valence-electron chi connectivity index (χ1n) is 13.1. The Bertz CT molecular complexity index is 1060. The van der Waals surface area contributed by atoms with Crippen LogP contribution in [0, 0.1) is 18.3 Å². The second-order valence-corrected chi connectivity index (χ2v) is 11.1. The summed E-state index contributed by atoms with van der Waals surface area (Å²) in [6.45, 7) is 9.07. The minimum absolute atomic E-state index is 0.0655. The minimum atomic E-state index is -0.226. The number of amides is 1. The van der Waals surface area contributed by atoms with Crippen molar-refractivity contribution in [3.05, 3.63) is 31.9 Å². The number of carbonyl (C=O) groups is 1. The second kappa shape index (κ2) is 13.3. The van der Waals surface area contributed by atoms with Gasteiger partial charge in [0, 0.05) is 31.7 Å². The number of nitrogens with zero attached hydrogens (tertiary/aromatic N) is 4. The topological polar surface area (TPSA) is 69.3 Å². The molecule has 2 fully saturated rings. The molecule has 190 valence electrons. The predicted molar refractivity (Wildman–Crippen MR) is 150 cm³/mol. The molecule has 35 heavy (non-hydrogen) atoms.